The molecule has 1 heterocycles. The van der Waals surface area contributed by atoms with E-state index >= 15 is 0 Å². The molecule has 0 radical (unpaired) electrons. The van der Waals surface area contributed by atoms with E-state index in [0.29, 0.717) is 6.07 Å². The highest BCUT2D eigenvalue weighted by atomic mass is 35.5. The number of thioether (sulfide) groups is 1. The molecule has 0 atom stereocenters. The van der Waals surface area contributed by atoms with Crippen molar-refractivity contribution in [2.24, 2.45) is 0 Å². The maximum atomic E-state index is 13.0. The SMILES string of the molecule is COCCOc1nc(NC(=O)CSCC(=O)O)c(Cl)cc1C(F)(F)F. The Morgan fingerprint density at radius 3 is 2.60 bits per heavy atom. The summed E-state index contributed by atoms with van der Waals surface area (Å²) >= 11 is 6.55. The number of anilines is 1. The molecule has 0 saturated heterocycles. The van der Waals surface area contributed by atoms with Crippen LogP contribution in [0.25, 0.3) is 0 Å². The molecule has 140 valence electrons. The summed E-state index contributed by atoms with van der Waals surface area (Å²) in [6.45, 7) is -0.148. The van der Waals surface area contributed by atoms with E-state index in [2.05, 4.69) is 10.3 Å². The molecule has 0 aliphatic rings. The van der Waals surface area contributed by atoms with Gasteiger partial charge in [-0.2, -0.15) is 18.2 Å². The number of nitrogens with zero attached hydrogens (tertiary/aromatic N) is 1. The number of carbonyl (C=O) groups is 2. The quantitative estimate of drug-likeness (QED) is 0.612. The Balaban J connectivity index is 2.94. The van der Waals surface area contributed by atoms with Crippen LogP contribution in [0.5, 0.6) is 5.88 Å². The van der Waals surface area contributed by atoms with E-state index in [1.54, 1.807) is 0 Å². The summed E-state index contributed by atoms with van der Waals surface area (Å²) in [5, 5.41) is 10.3. The first-order chi connectivity index (χ1) is 11.6. The van der Waals surface area contributed by atoms with Crippen LogP contribution in [-0.4, -0.2) is 53.8 Å². The minimum atomic E-state index is -4.75. The van der Waals surface area contributed by atoms with E-state index in [1.165, 1.54) is 7.11 Å². The minimum Gasteiger partial charge on any atom is -0.481 e. The van der Waals surface area contributed by atoms with E-state index in [-0.39, 0.29) is 30.5 Å². The van der Waals surface area contributed by atoms with Crippen LogP contribution in [0.2, 0.25) is 5.02 Å². The van der Waals surface area contributed by atoms with Gasteiger partial charge in [-0.25, -0.2) is 0 Å². The molecule has 1 aromatic rings. The fourth-order valence-corrected chi connectivity index (χ4v) is 2.23. The molecule has 7 nitrogen and oxygen atoms in total. The first kappa shape index (κ1) is 21.3. The first-order valence-corrected chi connectivity index (χ1v) is 8.17. The smallest absolute Gasteiger partial charge is 0.421 e. The number of pyridine rings is 1. The molecule has 0 aliphatic heterocycles. The molecular formula is C13H14ClF3N2O5S. The number of methoxy groups -OCH3 is 1. The predicted molar refractivity (Wildman–Crippen MR) is 85.2 cm³/mol. The maximum Gasteiger partial charge on any atom is 0.421 e. The number of ether oxygens (including phenoxy) is 2. The number of hydrogen-bond donors (Lipinski definition) is 2. The van der Waals surface area contributed by atoms with Crippen LogP contribution in [-0.2, 0) is 20.5 Å². The van der Waals surface area contributed by atoms with Crippen LogP contribution >= 0.6 is 23.4 Å². The summed E-state index contributed by atoms with van der Waals surface area (Å²) in [6, 6.07) is 0.594. The number of hydrogen-bond acceptors (Lipinski definition) is 6. The van der Waals surface area contributed by atoms with Gasteiger partial charge in [-0.15, -0.1) is 11.8 Å². The van der Waals surface area contributed by atoms with Gasteiger partial charge in [-0.05, 0) is 6.07 Å². The molecule has 0 unspecified atom stereocenters. The molecular weight excluding hydrogens is 389 g/mol. The number of carboxylic acids is 1. The number of nitrogens with one attached hydrogen (secondary N) is 1. The lowest BCUT2D eigenvalue weighted by Crippen LogP contribution is -2.19. The van der Waals surface area contributed by atoms with Crippen LogP contribution in [0.3, 0.4) is 0 Å². The average molecular weight is 403 g/mol. The van der Waals surface area contributed by atoms with E-state index in [1.807, 2.05) is 0 Å². The lowest BCUT2D eigenvalue weighted by Gasteiger charge is -2.15. The molecule has 0 aromatic carbocycles. The summed E-state index contributed by atoms with van der Waals surface area (Å²) in [5.41, 5.74) is -1.19. The van der Waals surface area contributed by atoms with Gasteiger partial charge >= 0.3 is 12.1 Å². The second-order valence-corrected chi connectivity index (χ2v) is 5.84. The standard InChI is InChI=1S/C13H14ClF3N2O5S/c1-23-2-3-24-12-7(13(15,16)17)4-8(14)11(19-12)18-9(20)5-25-6-10(21)22/h4H,2-3,5-6H2,1H3,(H,21,22)(H,18,19,20). The molecule has 25 heavy (non-hydrogen) atoms. The largest absolute Gasteiger partial charge is 0.481 e. The maximum absolute atomic E-state index is 13.0. The van der Waals surface area contributed by atoms with Gasteiger partial charge in [0.1, 0.15) is 12.2 Å². The molecule has 2 N–H and O–H groups in total. The monoisotopic (exact) mass is 402 g/mol. The number of aromatic nitrogens is 1. The van der Waals surface area contributed by atoms with E-state index < -0.39 is 34.5 Å². The Hall–Kier alpha value is -1.72. The van der Waals surface area contributed by atoms with Gasteiger partial charge in [0, 0.05) is 7.11 Å². The number of alkyl halides is 3. The summed E-state index contributed by atoms with van der Waals surface area (Å²) in [6.07, 6.45) is -4.75. The van der Waals surface area contributed by atoms with Gasteiger partial charge in [0.05, 0.1) is 23.1 Å². The number of halogens is 4. The molecule has 0 fully saturated rings. The van der Waals surface area contributed by atoms with Crippen molar-refractivity contribution in [3.05, 3.63) is 16.7 Å². The molecule has 0 saturated carbocycles. The van der Waals surface area contributed by atoms with Gasteiger partial charge in [0.2, 0.25) is 11.8 Å². The fourth-order valence-electron chi connectivity index (χ4n) is 1.49. The first-order valence-electron chi connectivity index (χ1n) is 6.64. The summed E-state index contributed by atoms with van der Waals surface area (Å²) < 4.78 is 48.7. The summed E-state index contributed by atoms with van der Waals surface area (Å²) in [7, 11) is 1.35. The number of carboxylic acid groups (broad SMARTS) is 1. The van der Waals surface area contributed by atoms with Crippen LogP contribution in [0.4, 0.5) is 19.0 Å². The van der Waals surface area contributed by atoms with Gasteiger partial charge in [-0.1, -0.05) is 11.6 Å². The van der Waals surface area contributed by atoms with Crippen molar-refractivity contribution in [1.82, 2.24) is 4.98 Å². The summed E-state index contributed by atoms with van der Waals surface area (Å²) in [4.78, 5) is 25.7. The highest BCUT2D eigenvalue weighted by Crippen LogP contribution is 2.38. The Labute approximate surface area is 149 Å². The van der Waals surface area contributed by atoms with E-state index in [9.17, 15) is 22.8 Å². The molecule has 1 aromatic heterocycles. The van der Waals surface area contributed by atoms with Crippen LogP contribution < -0.4 is 10.1 Å². The number of aliphatic carboxylic acids is 1. The second kappa shape index (κ2) is 9.68. The molecule has 1 rings (SSSR count). The van der Waals surface area contributed by atoms with Crippen molar-refractivity contribution in [3.63, 3.8) is 0 Å². The highest BCUT2D eigenvalue weighted by molar-refractivity contribution is 8.00. The third-order valence-corrected chi connectivity index (χ3v) is 3.69. The van der Waals surface area contributed by atoms with Crippen molar-refractivity contribution < 1.29 is 37.3 Å². The topological polar surface area (TPSA) is 97.8 Å². The molecule has 12 heteroatoms. The number of rotatable bonds is 9. The zero-order valence-electron chi connectivity index (χ0n) is 12.9. The molecule has 0 spiro atoms. The number of carbonyl (C=O) groups excluding carboxylic acids is 1. The normalized spacial score (nSPS) is 11.2. The van der Waals surface area contributed by atoms with E-state index in [0.717, 1.165) is 11.8 Å². The minimum absolute atomic E-state index is 0.0368. The zero-order chi connectivity index (χ0) is 19.0. The van der Waals surface area contributed by atoms with Gasteiger partial charge in [-0.3, -0.25) is 9.59 Å². The average Bonchev–Trinajstić information content (AvgIpc) is 2.48. The van der Waals surface area contributed by atoms with Crippen molar-refractivity contribution >= 4 is 41.1 Å². The van der Waals surface area contributed by atoms with Crippen molar-refractivity contribution in [1.29, 1.82) is 0 Å². The van der Waals surface area contributed by atoms with Crippen LogP contribution in [0.15, 0.2) is 6.07 Å². The Morgan fingerprint density at radius 2 is 2.04 bits per heavy atom. The Morgan fingerprint density at radius 1 is 1.36 bits per heavy atom. The number of amides is 1. The Kier molecular flexibility index (Phi) is 8.26. The van der Waals surface area contributed by atoms with Gasteiger partial charge < -0.3 is 19.9 Å². The van der Waals surface area contributed by atoms with Crippen LogP contribution in [0.1, 0.15) is 5.56 Å². The lowest BCUT2D eigenvalue weighted by atomic mass is 10.2. The van der Waals surface area contributed by atoms with Gasteiger partial charge in [0.25, 0.3) is 0 Å². The van der Waals surface area contributed by atoms with Gasteiger partial charge in [0.15, 0.2) is 5.82 Å². The van der Waals surface area contributed by atoms with Crippen molar-refractivity contribution in [2.75, 3.05) is 37.1 Å². The fraction of sp³-hybridized carbons (Fsp3) is 0.462. The second-order valence-electron chi connectivity index (χ2n) is 4.45. The Bertz CT molecular complexity index is 630. The third-order valence-electron chi connectivity index (χ3n) is 2.49. The van der Waals surface area contributed by atoms with E-state index in [4.69, 9.17) is 26.2 Å². The van der Waals surface area contributed by atoms with Crippen LogP contribution in [0, 0.1) is 0 Å². The molecule has 0 bridgehead atoms. The predicted octanol–water partition coefficient (Wildman–Crippen LogP) is 2.54. The van der Waals surface area contributed by atoms with Crippen molar-refractivity contribution in [3.8, 4) is 5.88 Å². The lowest BCUT2D eigenvalue weighted by molar-refractivity contribution is -0.139. The summed E-state index contributed by atoms with van der Waals surface area (Å²) in [5.74, 6) is -3.36. The molecule has 0 aliphatic carbocycles. The highest BCUT2D eigenvalue weighted by Gasteiger charge is 2.36. The molecule has 1 amide bonds. The third kappa shape index (κ3) is 7.36. The van der Waals surface area contributed by atoms with Crippen molar-refractivity contribution in [2.45, 2.75) is 6.18 Å². The zero-order valence-corrected chi connectivity index (χ0v) is 14.4.